The zero-order valence-corrected chi connectivity index (χ0v) is 40.0. The molecule has 5 atom stereocenters. The van der Waals surface area contributed by atoms with E-state index in [0.29, 0.717) is 68.4 Å². The fourth-order valence-corrected chi connectivity index (χ4v) is 14.3. The molecule has 1 saturated carbocycles. The van der Waals surface area contributed by atoms with Crippen molar-refractivity contribution in [1.29, 1.82) is 0 Å². The van der Waals surface area contributed by atoms with Gasteiger partial charge in [0, 0.05) is 55.5 Å². The first-order valence-electron chi connectivity index (χ1n) is 24.7. The Bertz CT molecular complexity index is 2980. The summed E-state index contributed by atoms with van der Waals surface area (Å²) in [4.78, 5) is 40.4. The molecule has 8 heterocycles. The summed E-state index contributed by atoms with van der Waals surface area (Å²) in [6.45, 7) is 6.10. The minimum absolute atomic E-state index is 0.00745. The molecule has 1 spiro atoms. The van der Waals surface area contributed by atoms with Crippen LogP contribution in [-0.4, -0.2) is 124 Å². The Morgan fingerprint density at radius 1 is 0.957 bits per heavy atom. The summed E-state index contributed by atoms with van der Waals surface area (Å²) in [6.07, 6.45) is 8.34. The van der Waals surface area contributed by atoms with Crippen LogP contribution in [0.3, 0.4) is 0 Å². The van der Waals surface area contributed by atoms with E-state index in [0.717, 1.165) is 56.5 Å². The predicted molar refractivity (Wildman–Crippen MR) is 260 cm³/mol. The number of aromatic amines is 1. The number of likely N-dealkylation sites (tertiary alicyclic amines) is 1. The standard InChI is InChI=1S/C51H58N8O10S/c1-2-30-6-3-4-7-34(30)37-8-5-16-57(37)32-25-51(26-32)13-17-56(18-14-51)39-10-9-35(48(52)60)46(58-38-12-19-65-29-44(38)69-50-41(58)22-31-11-15-53-49(31)55-50)47(39)70(63,64)33-23-40(59(61)62)45-42(24-33)68-27-36(54-45)43-28-66-20-21-67-43/h3-4,6-7,9-11,15,22-24,32,36-38,43-44,54H,2,5,8,12-14,16-21,25-29H2,1H3,(H2,52,60)(H,53,55)/t36-,37-,38-,43+,44-/m0/s1. The molecule has 0 bridgehead atoms. The van der Waals surface area contributed by atoms with Gasteiger partial charge < -0.3 is 49.5 Å². The van der Waals surface area contributed by atoms with Gasteiger partial charge in [-0.15, -0.1) is 0 Å². The Labute approximate surface area is 405 Å². The summed E-state index contributed by atoms with van der Waals surface area (Å²) in [5.74, 6) is -0.600. The van der Waals surface area contributed by atoms with Crippen molar-refractivity contribution in [2.45, 2.75) is 104 Å². The number of benzene rings is 3. The van der Waals surface area contributed by atoms with E-state index >= 15 is 8.42 Å². The van der Waals surface area contributed by atoms with E-state index in [-0.39, 0.29) is 63.6 Å². The van der Waals surface area contributed by atoms with Crippen LogP contribution in [-0.2, 0) is 30.5 Å². The number of ether oxygens (including phenoxy) is 5. The lowest BCUT2D eigenvalue weighted by Gasteiger charge is -2.56. The molecule has 4 saturated heterocycles. The van der Waals surface area contributed by atoms with Crippen LogP contribution in [0.5, 0.6) is 11.6 Å². The maximum Gasteiger partial charge on any atom is 0.297 e. The van der Waals surface area contributed by atoms with Crippen molar-refractivity contribution in [2.75, 3.05) is 74.4 Å². The van der Waals surface area contributed by atoms with Crippen molar-refractivity contribution in [3.63, 3.8) is 0 Å². The van der Waals surface area contributed by atoms with Gasteiger partial charge in [0.15, 0.2) is 11.4 Å². The molecule has 70 heavy (non-hydrogen) atoms. The number of H-pyrrole nitrogens is 1. The fraction of sp³-hybridized carbons (Fsp3) is 0.490. The maximum atomic E-state index is 16.1. The van der Waals surface area contributed by atoms with E-state index in [4.69, 9.17) is 34.4 Å². The summed E-state index contributed by atoms with van der Waals surface area (Å²) in [7, 11) is -4.78. The molecule has 4 N–H and O–H groups in total. The van der Waals surface area contributed by atoms with Crippen LogP contribution in [0.4, 0.5) is 28.4 Å². The van der Waals surface area contributed by atoms with Crippen LogP contribution in [0.15, 0.2) is 76.7 Å². The van der Waals surface area contributed by atoms with Crippen LogP contribution in [0.1, 0.15) is 79.4 Å². The highest BCUT2D eigenvalue weighted by atomic mass is 32.2. The SMILES string of the molecule is CCc1ccccc1[C@@H]1CCCN1C1CC2(CCN(c3ccc(C(N)=O)c(N4c5cc6cc[nH]c6nc5O[C@H]5COCC[C@@H]54)c3S(=O)(=O)c3cc4c(c([N+](=O)[O-])c3)N[C@H]([C@H]3COCCO3)CO4)CC2)C1. The van der Waals surface area contributed by atoms with Gasteiger partial charge in [-0.1, -0.05) is 31.2 Å². The topological polar surface area (TPSA) is 217 Å². The quantitative estimate of drug-likeness (QED) is 0.0966. The second kappa shape index (κ2) is 17.7. The highest BCUT2D eigenvalue weighted by Crippen LogP contribution is 2.56. The number of carbonyl (C=O) groups excluding carboxylic acids is 1. The minimum Gasteiger partial charge on any atom is -0.489 e. The number of piperidine rings is 1. The highest BCUT2D eigenvalue weighted by molar-refractivity contribution is 7.91. The predicted octanol–water partition coefficient (Wildman–Crippen LogP) is 6.83. The van der Waals surface area contributed by atoms with Gasteiger partial charge in [-0.3, -0.25) is 19.8 Å². The molecule has 0 radical (unpaired) electrons. The molecule has 12 rings (SSSR count). The van der Waals surface area contributed by atoms with Crippen LogP contribution in [0.2, 0.25) is 0 Å². The Kier molecular flexibility index (Phi) is 11.4. The van der Waals surface area contributed by atoms with Crippen LogP contribution in [0, 0.1) is 15.5 Å². The van der Waals surface area contributed by atoms with Gasteiger partial charge in [-0.2, -0.15) is 4.98 Å². The zero-order valence-electron chi connectivity index (χ0n) is 39.1. The molecule has 368 valence electrons. The molecular weight excluding hydrogens is 917 g/mol. The van der Waals surface area contributed by atoms with Gasteiger partial charge in [0.05, 0.1) is 65.3 Å². The van der Waals surface area contributed by atoms with Crippen LogP contribution < -0.4 is 30.3 Å². The number of nitrogens with zero attached hydrogens (tertiary/aromatic N) is 5. The van der Waals surface area contributed by atoms with Crippen molar-refractivity contribution in [3.05, 3.63) is 93.7 Å². The third kappa shape index (κ3) is 7.62. The van der Waals surface area contributed by atoms with E-state index in [1.54, 1.807) is 18.3 Å². The van der Waals surface area contributed by atoms with Crippen molar-refractivity contribution >= 4 is 55.2 Å². The maximum absolute atomic E-state index is 16.1. The van der Waals surface area contributed by atoms with Crippen molar-refractivity contribution in [1.82, 2.24) is 14.9 Å². The van der Waals surface area contributed by atoms with E-state index in [1.165, 1.54) is 23.6 Å². The first kappa shape index (κ1) is 45.2. The van der Waals surface area contributed by atoms with E-state index in [9.17, 15) is 14.9 Å². The number of hydrogen-bond donors (Lipinski definition) is 3. The Morgan fingerprint density at radius 2 is 1.77 bits per heavy atom. The van der Waals surface area contributed by atoms with Crippen molar-refractivity contribution < 1.29 is 41.8 Å². The lowest BCUT2D eigenvalue weighted by molar-refractivity contribution is -0.384. The second-order valence-corrected chi connectivity index (χ2v) is 21.9. The van der Waals surface area contributed by atoms with Gasteiger partial charge in [-0.05, 0) is 98.7 Å². The highest BCUT2D eigenvalue weighted by Gasteiger charge is 2.51. The number of nitro groups is 1. The molecule has 1 amide bonds. The monoisotopic (exact) mass is 974 g/mol. The number of pyridine rings is 1. The van der Waals surface area contributed by atoms with E-state index in [1.807, 2.05) is 17.0 Å². The summed E-state index contributed by atoms with van der Waals surface area (Å²) < 4.78 is 62.3. The number of nitro benzene ring substituents is 1. The lowest BCUT2D eigenvalue weighted by atomic mass is 9.59. The summed E-state index contributed by atoms with van der Waals surface area (Å²) in [5, 5.41) is 16.9. The number of carbonyl (C=O) groups is 1. The number of nitrogens with two attached hydrogens (primary N) is 1. The minimum atomic E-state index is -4.78. The first-order valence-corrected chi connectivity index (χ1v) is 26.2. The van der Waals surface area contributed by atoms with E-state index < -0.39 is 50.6 Å². The molecule has 18 nitrogen and oxygen atoms in total. The van der Waals surface area contributed by atoms with Gasteiger partial charge >= 0.3 is 0 Å². The number of aromatic nitrogens is 2. The third-order valence-electron chi connectivity index (χ3n) is 16.2. The number of rotatable bonds is 10. The number of primary amides is 1. The van der Waals surface area contributed by atoms with Crippen LogP contribution >= 0.6 is 0 Å². The number of sulfone groups is 1. The number of anilines is 4. The second-order valence-electron chi connectivity index (χ2n) is 20.0. The smallest absolute Gasteiger partial charge is 0.297 e. The largest absolute Gasteiger partial charge is 0.489 e. The third-order valence-corrected chi connectivity index (χ3v) is 17.9. The Balaban J connectivity index is 0.954. The van der Waals surface area contributed by atoms with Gasteiger partial charge in [0.1, 0.15) is 35.0 Å². The molecule has 3 aromatic carbocycles. The molecule has 5 aromatic rings. The summed E-state index contributed by atoms with van der Waals surface area (Å²) in [6, 6.07) is 18.2. The van der Waals surface area contributed by atoms with E-state index in [2.05, 4.69) is 51.3 Å². The molecule has 1 aliphatic carbocycles. The molecule has 6 aliphatic heterocycles. The summed E-state index contributed by atoms with van der Waals surface area (Å²) >= 11 is 0. The van der Waals surface area contributed by atoms with Crippen LogP contribution in [0.25, 0.3) is 11.0 Å². The summed E-state index contributed by atoms with van der Waals surface area (Å²) in [5.41, 5.74) is 10.3. The first-order chi connectivity index (χ1) is 34.0. The van der Waals surface area contributed by atoms with Gasteiger partial charge in [0.25, 0.3) is 11.6 Å². The number of hydrogen-bond acceptors (Lipinski definition) is 15. The average molecular weight is 975 g/mol. The molecule has 5 fully saturated rings. The van der Waals surface area contributed by atoms with Crippen molar-refractivity contribution in [3.8, 4) is 11.6 Å². The lowest BCUT2D eigenvalue weighted by Crippen LogP contribution is -2.55. The van der Waals surface area contributed by atoms with Crippen molar-refractivity contribution in [2.24, 2.45) is 11.1 Å². The Hall–Kier alpha value is -5.99. The molecule has 0 unspecified atom stereocenters. The van der Waals surface area contributed by atoms with Gasteiger partial charge in [0.2, 0.25) is 15.7 Å². The average Bonchev–Trinajstić information content (AvgIpc) is 4.06. The zero-order chi connectivity index (χ0) is 47.9. The molecule has 19 heteroatoms. The Morgan fingerprint density at radius 3 is 2.56 bits per heavy atom. The molecule has 2 aromatic heterocycles. The van der Waals surface area contributed by atoms with Gasteiger partial charge in [-0.25, -0.2) is 8.42 Å². The number of aryl methyl sites for hydroxylation is 1. The number of amides is 1. The molecular formula is C51H58N8O10S. The normalized spacial score (nSPS) is 25.5. The number of fused-ring (bicyclic) bond motifs is 4. The number of nitrogens with one attached hydrogen (secondary N) is 2. The molecule has 7 aliphatic rings. The fourth-order valence-electron chi connectivity index (χ4n) is 12.6.